The minimum atomic E-state index is -1.09. The number of pyridine rings is 1. The van der Waals surface area contributed by atoms with Crippen molar-refractivity contribution in [3.05, 3.63) is 107 Å². The Morgan fingerprint density at radius 3 is 2.61 bits per heavy atom. The van der Waals surface area contributed by atoms with Gasteiger partial charge in [0.2, 0.25) is 5.91 Å². The van der Waals surface area contributed by atoms with Crippen LogP contribution >= 0.6 is 0 Å². The summed E-state index contributed by atoms with van der Waals surface area (Å²) in [6.07, 6.45) is 4.92. The van der Waals surface area contributed by atoms with Crippen molar-refractivity contribution >= 4 is 17.5 Å². The van der Waals surface area contributed by atoms with Crippen LogP contribution in [0.15, 0.2) is 79.3 Å². The highest BCUT2D eigenvalue weighted by molar-refractivity contribution is 6.09. The molecular formula is C33H37FN6O4. The Kier molecular flexibility index (Phi) is 9.46. The van der Waals surface area contributed by atoms with Crippen LogP contribution in [0.4, 0.5) is 10.1 Å². The number of methoxy groups -OCH3 is 1. The molecule has 11 heteroatoms. The molecule has 1 N–H and O–H groups in total. The van der Waals surface area contributed by atoms with Gasteiger partial charge in [0, 0.05) is 37.3 Å². The fourth-order valence-corrected chi connectivity index (χ4v) is 5.24. The first-order chi connectivity index (χ1) is 21.2. The third-order valence-corrected chi connectivity index (χ3v) is 7.71. The Bertz CT molecular complexity index is 1570. The number of ether oxygens (including phenoxy) is 2. The molecule has 1 unspecified atom stereocenters. The number of aromatic nitrogens is 4. The molecule has 1 fully saturated rings. The average molecular weight is 601 g/mol. The fourth-order valence-electron chi connectivity index (χ4n) is 5.24. The van der Waals surface area contributed by atoms with Crippen LogP contribution < -0.4 is 10.2 Å². The van der Waals surface area contributed by atoms with Gasteiger partial charge < -0.3 is 14.8 Å². The number of rotatable bonds is 10. The molecule has 10 nitrogen and oxygen atoms in total. The Balaban J connectivity index is 1.51. The summed E-state index contributed by atoms with van der Waals surface area (Å²) in [5.41, 5.74) is 2.78. The molecule has 230 valence electrons. The van der Waals surface area contributed by atoms with Crippen LogP contribution in [0, 0.1) is 5.82 Å². The molecule has 1 aliphatic rings. The largest absolute Gasteiger partial charge is 0.377 e. The van der Waals surface area contributed by atoms with E-state index in [4.69, 9.17) is 9.47 Å². The molecule has 0 radical (unpaired) electrons. The second-order valence-corrected chi connectivity index (χ2v) is 11.8. The monoisotopic (exact) mass is 600 g/mol. The first kappa shape index (κ1) is 31.0. The molecule has 2 amide bonds. The average Bonchev–Trinajstić information content (AvgIpc) is 3.69. The molecule has 4 aromatic rings. The van der Waals surface area contributed by atoms with Crippen molar-refractivity contribution in [1.29, 1.82) is 0 Å². The molecule has 0 bridgehead atoms. The lowest BCUT2D eigenvalue weighted by Crippen LogP contribution is -2.44. The predicted molar refractivity (Wildman–Crippen MR) is 163 cm³/mol. The van der Waals surface area contributed by atoms with Gasteiger partial charge in [0.15, 0.2) is 5.69 Å². The molecule has 0 spiro atoms. The third kappa shape index (κ3) is 7.00. The summed E-state index contributed by atoms with van der Waals surface area (Å²) in [5.74, 6) is -1.27. The van der Waals surface area contributed by atoms with Gasteiger partial charge in [-0.05, 0) is 53.3 Å². The zero-order chi connectivity index (χ0) is 31.3. The van der Waals surface area contributed by atoms with E-state index < -0.39 is 17.9 Å². The number of carbonyl (C=O) groups excluding carboxylic acids is 2. The van der Waals surface area contributed by atoms with E-state index in [-0.39, 0.29) is 35.6 Å². The first-order valence-corrected chi connectivity index (χ1v) is 14.5. The van der Waals surface area contributed by atoms with E-state index >= 15 is 0 Å². The lowest BCUT2D eigenvalue weighted by Gasteiger charge is -2.31. The number of halogens is 1. The van der Waals surface area contributed by atoms with Crippen molar-refractivity contribution in [2.45, 2.75) is 50.8 Å². The van der Waals surface area contributed by atoms with E-state index in [1.54, 1.807) is 54.6 Å². The van der Waals surface area contributed by atoms with Crippen LogP contribution in [0.2, 0.25) is 0 Å². The van der Waals surface area contributed by atoms with Gasteiger partial charge in [-0.1, -0.05) is 56.3 Å². The molecule has 0 saturated carbocycles. The highest BCUT2D eigenvalue weighted by Crippen LogP contribution is 2.32. The summed E-state index contributed by atoms with van der Waals surface area (Å²) in [6.45, 7) is 7.34. The van der Waals surface area contributed by atoms with Gasteiger partial charge in [-0.2, -0.15) is 0 Å². The molecule has 2 aromatic carbocycles. The molecule has 1 saturated heterocycles. The SMILES string of the molecule is CO[C@@H]1COC[C@H]1n1cc(C(=O)N(c2ccc(C(C)(C)C)cc2)C(C(=O)NCCc2cccc(F)c2)c2cccnc2)nn1. The van der Waals surface area contributed by atoms with Crippen LogP contribution in [-0.2, 0) is 26.1 Å². The van der Waals surface area contributed by atoms with Gasteiger partial charge >= 0.3 is 0 Å². The maximum absolute atomic E-state index is 14.4. The van der Waals surface area contributed by atoms with Gasteiger partial charge in [-0.15, -0.1) is 5.10 Å². The summed E-state index contributed by atoms with van der Waals surface area (Å²) in [6, 6.07) is 15.9. The number of hydrogen-bond donors (Lipinski definition) is 1. The summed E-state index contributed by atoms with van der Waals surface area (Å²) in [5, 5.41) is 11.4. The van der Waals surface area contributed by atoms with Crippen LogP contribution in [0.3, 0.4) is 0 Å². The predicted octanol–water partition coefficient (Wildman–Crippen LogP) is 4.44. The Morgan fingerprint density at radius 2 is 1.93 bits per heavy atom. The summed E-state index contributed by atoms with van der Waals surface area (Å²) < 4.78 is 26.4. The molecule has 3 heterocycles. The molecule has 3 atom stereocenters. The van der Waals surface area contributed by atoms with Gasteiger partial charge in [0.25, 0.3) is 5.91 Å². The molecule has 1 aliphatic heterocycles. The number of carbonyl (C=O) groups is 2. The summed E-state index contributed by atoms with van der Waals surface area (Å²) in [4.78, 5) is 34.0. The van der Waals surface area contributed by atoms with Gasteiger partial charge in [-0.3, -0.25) is 19.5 Å². The number of nitrogens with zero attached hydrogens (tertiary/aromatic N) is 5. The minimum absolute atomic E-state index is 0.0631. The number of hydrogen-bond acceptors (Lipinski definition) is 7. The van der Waals surface area contributed by atoms with Crippen LogP contribution in [0.5, 0.6) is 0 Å². The zero-order valence-electron chi connectivity index (χ0n) is 25.3. The first-order valence-electron chi connectivity index (χ1n) is 14.5. The molecular weight excluding hydrogens is 563 g/mol. The van der Waals surface area contributed by atoms with Crippen molar-refractivity contribution in [1.82, 2.24) is 25.3 Å². The van der Waals surface area contributed by atoms with Gasteiger partial charge in [0.1, 0.15) is 24.0 Å². The number of benzene rings is 2. The van der Waals surface area contributed by atoms with E-state index in [2.05, 4.69) is 41.4 Å². The van der Waals surface area contributed by atoms with Gasteiger partial charge in [0.05, 0.1) is 19.4 Å². The van der Waals surface area contributed by atoms with E-state index in [0.29, 0.717) is 30.9 Å². The molecule has 2 aromatic heterocycles. The Morgan fingerprint density at radius 1 is 1.14 bits per heavy atom. The van der Waals surface area contributed by atoms with E-state index in [0.717, 1.165) is 11.1 Å². The lowest BCUT2D eigenvalue weighted by atomic mass is 9.87. The topological polar surface area (TPSA) is 111 Å². The molecule has 0 aliphatic carbocycles. The minimum Gasteiger partial charge on any atom is -0.377 e. The highest BCUT2D eigenvalue weighted by Gasteiger charge is 2.36. The van der Waals surface area contributed by atoms with Crippen molar-refractivity contribution in [2.75, 3.05) is 31.8 Å². The third-order valence-electron chi connectivity index (χ3n) is 7.71. The molecule has 44 heavy (non-hydrogen) atoms. The Labute approximate surface area is 256 Å². The second-order valence-electron chi connectivity index (χ2n) is 11.8. The highest BCUT2D eigenvalue weighted by atomic mass is 19.1. The van der Waals surface area contributed by atoms with Crippen molar-refractivity contribution in [2.24, 2.45) is 0 Å². The standard InChI is InChI=1S/C33H37FN6O4/c1-33(2,3)24-10-12-26(13-11-24)40(32(42)27-19-39(38-37-27)28-20-44-21-29(28)43-4)30(23-8-6-15-35-18-23)31(41)36-16-14-22-7-5-9-25(34)17-22/h5-13,15,17-19,28-30H,14,16,20-21H2,1-4H3,(H,36,41)/t28-,29-,30?/m1/s1. The van der Waals surface area contributed by atoms with Crippen molar-refractivity contribution in [3.63, 3.8) is 0 Å². The quantitative estimate of drug-likeness (QED) is 0.287. The van der Waals surface area contributed by atoms with Crippen molar-refractivity contribution < 1.29 is 23.5 Å². The summed E-state index contributed by atoms with van der Waals surface area (Å²) in [7, 11) is 1.60. The number of amides is 2. The number of nitrogens with one attached hydrogen (secondary N) is 1. The van der Waals surface area contributed by atoms with Crippen molar-refractivity contribution in [3.8, 4) is 0 Å². The van der Waals surface area contributed by atoms with Crippen LogP contribution in [0.25, 0.3) is 0 Å². The lowest BCUT2D eigenvalue weighted by molar-refractivity contribution is -0.122. The fraction of sp³-hybridized carbons (Fsp3) is 0.364. The molecule has 5 rings (SSSR count). The second kappa shape index (κ2) is 13.4. The van der Waals surface area contributed by atoms with E-state index in [9.17, 15) is 14.0 Å². The van der Waals surface area contributed by atoms with Gasteiger partial charge in [-0.25, -0.2) is 9.07 Å². The normalized spacial score (nSPS) is 17.3. The van der Waals surface area contributed by atoms with E-state index in [1.807, 2.05) is 24.3 Å². The maximum atomic E-state index is 14.4. The zero-order valence-corrected chi connectivity index (χ0v) is 25.3. The Hall–Kier alpha value is -4.48. The van der Waals surface area contributed by atoms with E-state index in [1.165, 1.54) is 17.0 Å². The van der Waals surface area contributed by atoms with Crippen LogP contribution in [0.1, 0.15) is 60.0 Å². The van der Waals surface area contributed by atoms with Crippen LogP contribution in [-0.4, -0.2) is 64.8 Å². The smallest absolute Gasteiger partial charge is 0.281 e. The maximum Gasteiger partial charge on any atom is 0.281 e. The number of anilines is 1. The summed E-state index contributed by atoms with van der Waals surface area (Å²) >= 11 is 0.